The van der Waals surface area contributed by atoms with E-state index in [2.05, 4.69) is 42.3 Å². The molecule has 0 aliphatic rings. The highest BCUT2D eigenvalue weighted by Crippen LogP contribution is 2.04. The molecule has 0 unspecified atom stereocenters. The summed E-state index contributed by atoms with van der Waals surface area (Å²) in [6, 6.07) is 0. The second kappa shape index (κ2) is 8.32. The molecule has 2 heteroatoms. The Morgan fingerprint density at radius 2 is 1.76 bits per heavy atom. The molecule has 2 nitrogen and oxygen atoms in total. The van der Waals surface area contributed by atoms with Gasteiger partial charge in [0.15, 0.2) is 0 Å². The molecular formula is C15H29N2+. The summed E-state index contributed by atoms with van der Waals surface area (Å²) in [6.07, 6.45) is 13.5. The van der Waals surface area contributed by atoms with Crippen molar-refractivity contribution in [2.45, 2.75) is 78.8 Å². The predicted octanol–water partition coefficient (Wildman–Crippen LogP) is 3.72. The number of nitrogens with zero attached hydrogens (tertiary/aromatic N) is 2. The van der Waals surface area contributed by atoms with Gasteiger partial charge in [0.2, 0.25) is 0 Å². The number of imidazole rings is 1. The van der Waals surface area contributed by atoms with Crippen LogP contribution >= 0.6 is 0 Å². The standard InChI is InChI=1S/C15H29N2/c1-4-7-9-12-17-14-13-16(11-8-5-2)15(17)10-6-3/h13-14H,4-12H2,1-3H3/q+1. The lowest BCUT2D eigenvalue weighted by molar-refractivity contribution is -0.704. The molecule has 1 aromatic heterocycles. The second-order valence-corrected chi connectivity index (χ2v) is 4.91. The van der Waals surface area contributed by atoms with Gasteiger partial charge in [0.1, 0.15) is 12.4 Å². The fourth-order valence-corrected chi connectivity index (χ4v) is 2.28. The largest absolute Gasteiger partial charge is 0.256 e. The van der Waals surface area contributed by atoms with E-state index >= 15 is 0 Å². The van der Waals surface area contributed by atoms with Gasteiger partial charge in [-0.1, -0.05) is 33.6 Å². The lowest BCUT2D eigenvalue weighted by atomic mass is 10.2. The third kappa shape index (κ3) is 4.53. The van der Waals surface area contributed by atoms with Gasteiger partial charge in [0.05, 0.1) is 13.1 Å². The average Bonchev–Trinajstić information content (AvgIpc) is 2.71. The maximum absolute atomic E-state index is 2.47. The maximum Gasteiger partial charge on any atom is 0.256 e. The van der Waals surface area contributed by atoms with Crippen molar-refractivity contribution in [3.05, 3.63) is 18.2 Å². The molecule has 0 spiro atoms. The van der Waals surface area contributed by atoms with Crippen LogP contribution in [0.15, 0.2) is 12.4 Å². The summed E-state index contributed by atoms with van der Waals surface area (Å²) in [5, 5.41) is 0. The Balaban J connectivity index is 2.64. The third-order valence-corrected chi connectivity index (χ3v) is 3.32. The number of rotatable bonds is 9. The van der Waals surface area contributed by atoms with Crippen LogP contribution < -0.4 is 4.57 Å². The molecule has 0 N–H and O–H groups in total. The molecule has 0 aromatic carbocycles. The van der Waals surface area contributed by atoms with Gasteiger partial charge >= 0.3 is 0 Å². The molecule has 0 saturated heterocycles. The third-order valence-electron chi connectivity index (χ3n) is 3.32. The van der Waals surface area contributed by atoms with Crippen LogP contribution in [0.25, 0.3) is 0 Å². The second-order valence-electron chi connectivity index (χ2n) is 4.91. The molecular weight excluding hydrogens is 208 g/mol. The maximum atomic E-state index is 2.47. The van der Waals surface area contributed by atoms with Crippen molar-refractivity contribution in [1.29, 1.82) is 0 Å². The highest BCUT2D eigenvalue weighted by molar-refractivity contribution is 4.83. The minimum absolute atomic E-state index is 1.19. The monoisotopic (exact) mass is 237 g/mol. The lowest BCUT2D eigenvalue weighted by Gasteiger charge is -2.04. The van der Waals surface area contributed by atoms with Crippen LogP contribution in [0.3, 0.4) is 0 Å². The quantitative estimate of drug-likeness (QED) is 0.457. The van der Waals surface area contributed by atoms with Crippen molar-refractivity contribution in [2.24, 2.45) is 0 Å². The lowest BCUT2D eigenvalue weighted by Crippen LogP contribution is -2.37. The first kappa shape index (κ1) is 14.3. The molecule has 0 aliphatic carbocycles. The first-order valence-electron chi connectivity index (χ1n) is 7.40. The fraction of sp³-hybridized carbons (Fsp3) is 0.800. The van der Waals surface area contributed by atoms with Gasteiger partial charge in [-0.15, -0.1) is 0 Å². The van der Waals surface area contributed by atoms with Gasteiger partial charge in [0.25, 0.3) is 5.82 Å². The van der Waals surface area contributed by atoms with Crippen molar-refractivity contribution >= 4 is 0 Å². The number of aromatic nitrogens is 2. The predicted molar refractivity (Wildman–Crippen MR) is 73.1 cm³/mol. The van der Waals surface area contributed by atoms with Gasteiger partial charge in [-0.3, -0.25) is 0 Å². The summed E-state index contributed by atoms with van der Waals surface area (Å²) >= 11 is 0. The van der Waals surface area contributed by atoms with Gasteiger partial charge in [0, 0.05) is 6.42 Å². The van der Waals surface area contributed by atoms with Crippen molar-refractivity contribution in [1.82, 2.24) is 4.57 Å². The van der Waals surface area contributed by atoms with E-state index in [1.165, 1.54) is 63.9 Å². The summed E-state index contributed by atoms with van der Waals surface area (Å²) in [6.45, 7) is 9.19. The molecule has 0 amide bonds. The first-order chi connectivity index (χ1) is 8.33. The van der Waals surface area contributed by atoms with Crippen LogP contribution in [0.5, 0.6) is 0 Å². The fourth-order valence-electron chi connectivity index (χ4n) is 2.28. The molecule has 0 atom stereocenters. The molecule has 0 aliphatic heterocycles. The topological polar surface area (TPSA) is 8.81 Å². The molecule has 17 heavy (non-hydrogen) atoms. The van der Waals surface area contributed by atoms with Gasteiger partial charge in [-0.2, -0.15) is 0 Å². The van der Waals surface area contributed by atoms with E-state index in [-0.39, 0.29) is 0 Å². The van der Waals surface area contributed by atoms with Crippen LogP contribution in [0, 0.1) is 0 Å². The molecule has 1 heterocycles. The van der Waals surface area contributed by atoms with Crippen molar-refractivity contribution in [3.63, 3.8) is 0 Å². The number of aryl methyl sites for hydroxylation is 2. The molecule has 98 valence electrons. The summed E-state index contributed by atoms with van der Waals surface area (Å²) in [4.78, 5) is 0. The summed E-state index contributed by atoms with van der Waals surface area (Å²) < 4.78 is 4.92. The average molecular weight is 237 g/mol. The molecule has 0 bridgehead atoms. The summed E-state index contributed by atoms with van der Waals surface area (Å²) in [7, 11) is 0. The Hall–Kier alpha value is -0.790. The molecule has 0 fully saturated rings. The Morgan fingerprint density at radius 3 is 2.41 bits per heavy atom. The van der Waals surface area contributed by atoms with Gasteiger partial charge < -0.3 is 0 Å². The highest BCUT2D eigenvalue weighted by Gasteiger charge is 2.14. The van der Waals surface area contributed by atoms with Crippen LogP contribution in [-0.2, 0) is 19.5 Å². The van der Waals surface area contributed by atoms with Gasteiger partial charge in [-0.25, -0.2) is 9.13 Å². The zero-order chi connectivity index (χ0) is 12.5. The number of hydrogen-bond acceptors (Lipinski definition) is 0. The highest BCUT2D eigenvalue weighted by atomic mass is 15.1. The molecule has 0 saturated carbocycles. The molecule has 0 radical (unpaired) electrons. The first-order valence-corrected chi connectivity index (χ1v) is 7.40. The van der Waals surface area contributed by atoms with E-state index in [0.717, 1.165) is 0 Å². The minimum Gasteiger partial charge on any atom is -0.234 e. The van der Waals surface area contributed by atoms with Crippen molar-refractivity contribution < 1.29 is 4.57 Å². The Morgan fingerprint density at radius 1 is 1.00 bits per heavy atom. The minimum atomic E-state index is 1.19. The molecule has 1 aromatic rings. The Labute approximate surface area is 107 Å². The van der Waals surface area contributed by atoms with E-state index in [1.807, 2.05) is 0 Å². The van der Waals surface area contributed by atoms with Crippen LogP contribution in [0.2, 0.25) is 0 Å². The zero-order valence-corrected chi connectivity index (χ0v) is 11.9. The van der Waals surface area contributed by atoms with E-state index in [1.54, 1.807) is 0 Å². The van der Waals surface area contributed by atoms with E-state index in [9.17, 15) is 0 Å². The van der Waals surface area contributed by atoms with E-state index in [0.29, 0.717) is 0 Å². The number of hydrogen-bond donors (Lipinski definition) is 0. The van der Waals surface area contributed by atoms with E-state index < -0.39 is 0 Å². The molecule has 1 rings (SSSR count). The van der Waals surface area contributed by atoms with Crippen molar-refractivity contribution in [2.75, 3.05) is 0 Å². The zero-order valence-electron chi connectivity index (χ0n) is 11.9. The van der Waals surface area contributed by atoms with Gasteiger partial charge in [-0.05, 0) is 25.7 Å². The Bertz CT molecular complexity index is 302. The SMILES string of the molecule is CCCCC[n+]1ccn(CCCC)c1CCC. The smallest absolute Gasteiger partial charge is 0.234 e. The van der Waals surface area contributed by atoms with Crippen molar-refractivity contribution in [3.8, 4) is 0 Å². The van der Waals surface area contributed by atoms with Crippen LogP contribution in [-0.4, -0.2) is 4.57 Å². The summed E-state index contributed by atoms with van der Waals surface area (Å²) in [5.41, 5.74) is 0. The Kier molecular flexibility index (Phi) is 6.99. The van der Waals surface area contributed by atoms with Crippen LogP contribution in [0.1, 0.15) is 65.1 Å². The summed E-state index contributed by atoms with van der Waals surface area (Å²) in [5.74, 6) is 1.53. The normalized spacial score (nSPS) is 11.0. The van der Waals surface area contributed by atoms with E-state index in [4.69, 9.17) is 0 Å². The van der Waals surface area contributed by atoms with Crippen LogP contribution in [0.4, 0.5) is 0 Å². The number of unbranched alkanes of at least 4 members (excludes halogenated alkanes) is 3.